The number of rotatable bonds is 4. The van der Waals surface area contributed by atoms with Crippen molar-refractivity contribution in [2.24, 2.45) is 4.99 Å². The zero-order chi connectivity index (χ0) is 16.1. The maximum atomic E-state index is 5.72. The van der Waals surface area contributed by atoms with E-state index in [0.717, 1.165) is 37.8 Å². The number of aliphatic imine (C=N–C) groups is 1. The van der Waals surface area contributed by atoms with E-state index in [1.54, 1.807) is 0 Å². The molecule has 0 radical (unpaired) electrons. The van der Waals surface area contributed by atoms with Gasteiger partial charge in [0.15, 0.2) is 5.96 Å². The van der Waals surface area contributed by atoms with Gasteiger partial charge < -0.3 is 15.4 Å². The van der Waals surface area contributed by atoms with Crippen LogP contribution in [0.25, 0.3) is 0 Å². The standard InChI is InChI=1S/C18H23N3OS/c1-13-7-8-15(23-13)12-21-18(19-2)20-11-14-9-10-22-17-6-4-3-5-16(14)17/h3-8,14H,9-12H2,1-2H3,(H2,19,20,21). The lowest BCUT2D eigenvalue weighted by Gasteiger charge is -2.26. The van der Waals surface area contributed by atoms with Crippen LogP contribution in [0, 0.1) is 6.92 Å². The summed E-state index contributed by atoms with van der Waals surface area (Å²) < 4.78 is 5.72. The van der Waals surface area contributed by atoms with Crippen molar-refractivity contribution in [3.8, 4) is 5.75 Å². The Morgan fingerprint density at radius 1 is 1.26 bits per heavy atom. The average Bonchev–Trinajstić information content (AvgIpc) is 3.00. The molecule has 0 amide bonds. The smallest absolute Gasteiger partial charge is 0.191 e. The predicted molar refractivity (Wildman–Crippen MR) is 96.6 cm³/mol. The minimum Gasteiger partial charge on any atom is -0.493 e. The molecule has 2 aromatic rings. The molecule has 3 rings (SSSR count). The molecule has 1 aliphatic heterocycles. The van der Waals surface area contributed by atoms with Crippen molar-refractivity contribution in [1.29, 1.82) is 0 Å². The molecule has 0 spiro atoms. The number of para-hydroxylation sites is 1. The molecule has 1 aliphatic rings. The Morgan fingerprint density at radius 3 is 2.91 bits per heavy atom. The summed E-state index contributed by atoms with van der Waals surface area (Å²) in [6.45, 7) is 4.58. The summed E-state index contributed by atoms with van der Waals surface area (Å²) in [5.41, 5.74) is 1.29. The van der Waals surface area contributed by atoms with Crippen molar-refractivity contribution < 1.29 is 4.74 Å². The zero-order valence-electron chi connectivity index (χ0n) is 13.6. The van der Waals surface area contributed by atoms with E-state index in [1.807, 2.05) is 30.5 Å². The van der Waals surface area contributed by atoms with E-state index < -0.39 is 0 Å². The van der Waals surface area contributed by atoms with Gasteiger partial charge in [-0.15, -0.1) is 11.3 Å². The van der Waals surface area contributed by atoms with Crippen molar-refractivity contribution in [3.05, 3.63) is 51.7 Å². The molecule has 4 nitrogen and oxygen atoms in total. The van der Waals surface area contributed by atoms with Crippen LogP contribution in [-0.4, -0.2) is 26.2 Å². The third-order valence-corrected chi connectivity index (χ3v) is 5.05. The molecule has 1 aromatic carbocycles. The zero-order valence-corrected chi connectivity index (χ0v) is 14.5. The first-order chi connectivity index (χ1) is 11.3. The third-order valence-electron chi connectivity index (χ3n) is 4.05. The quantitative estimate of drug-likeness (QED) is 0.668. The van der Waals surface area contributed by atoms with Gasteiger partial charge in [-0.25, -0.2) is 0 Å². The minimum atomic E-state index is 0.461. The van der Waals surface area contributed by atoms with Crippen molar-refractivity contribution >= 4 is 17.3 Å². The highest BCUT2D eigenvalue weighted by molar-refractivity contribution is 7.11. The van der Waals surface area contributed by atoms with E-state index in [2.05, 4.69) is 46.8 Å². The fourth-order valence-corrected chi connectivity index (χ4v) is 3.65. The van der Waals surface area contributed by atoms with E-state index in [4.69, 9.17) is 4.74 Å². The summed E-state index contributed by atoms with van der Waals surface area (Å²) in [5.74, 6) is 2.32. The second-order valence-electron chi connectivity index (χ2n) is 5.69. The lowest BCUT2D eigenvalue weighted by Crippen LogP contribution is -2.39. The summed E-state index contributed by atoms with van der Waals surface area (Å²) >= 11 is 1.82. The number of nitrogens with zero attached hydrogens (tertiary/aromatic N) is 1. The molecule has 1 atom stereocenters. The maximum absolute atomic E-state index is 5.72. The van der Waals surface area contributed by atoms with Crippen LogP contribution in [0.4, 0.5) is 0 Å². The van der Waals surface area contributed by atoms with Crippen LogP contribution in [0.15, 0.2) is 41.4 Å². The molecular formula is C18H23N3OS. The number of thiophene rings is 1. The maximum Gasteiger partial charge on any atom is 0.191 e. The molecule has 0 saturated carbocycles. The van der Waals surface area contributed by atoms with Gasteiger partial charge in [0, 0.05) is 29.3 Å². The fourth-order valence-electron chi connectivity index (χ4n) is 2.82. The Balaban J connectivity index is 1.54. The van der Waals surface area contributed by atoms with Crippen LogP contribution in [0.2, 0.25) is 0 Å². The van der Waals surface area contributed by atoms with Gasteiger partial charge in [-0.3, -0.25) is 4.99 Å². The molecule has 1 aromatic heterocycles. The first kappa shape index (κ1) is 15.9. The average molecular weight is 329 g/mol. The van der Waals surface area contributed by atoms with Crippen molar-refractivity contribution in [1.82, 2.24) is 10.6 Å². The molecule has 23 heavy (non-hydrogen) atoms. The van der Waals surface area contributed by atoms with Gasteiger partial charge in [0.05, 0.1) is 13.2 Å². The Hall–Kier alpha value is -2.01. The van der Waals surface area contributed by atoms with Gasteiger partial charge >= 0.3 is 0 Å². The van der Waals surface area contributed by atoms with Gasteiger partial charge in [0.2, 0.25) is 0 Å². The summed E-state index contributed by atoms with van der Waals surface area (Å²) in [5, 5.41) is 6.83. The van der Waals surface area contributed by atoms with Crippen LogP contribution in [0.5, 0.6) is 5.75 Å². The molecule has 2 N–H and O–H groups in total. The first-order valence-corrected chi connectivity index (χ1v) is 8.79. The third kappa shape index (κ3) is 4.05. The Morgan fingerprint density at radius 2 is 2.13 bits per heavy atom. The van der Waals surface area contributed by atoms with E-state index in [1.165, 1.54) is 15.3 Å². The molecule has 0 saturated heterocycles. The Kier molecular flexibility index (Phi) is 5.18. The molecule has 2 heterocycles. The number of hydrogen-bond donors (Lipinski definition) is 2. The van der Waals surface area contributed by atoms with Gasteiger partial charge in [-0.05, 0) is 37.1 Å². The van der Waals surface area contributed by atoms with Crippen LogP contribution >= 0.6 is 11.3 Å². The highest BCUT2D eigenvalue weighted by Gasteiger charge is 2.21. The van der Waals surface area contributed by atoms with E-state index in [-0.39, 0.29) is 0 Å². The van der Waals surface area contributed by atoms with E-state index in [9.17, 15) is 0 Å². The monoisotopic (exact) mass is 329 g/mol. The second-order valence-corrected chi connectivity index (χ2v) is 7.06. The molecule has 1 unspecified atom stereocenters. The number of benzene rings is 1. The molecule has 0 bridgehead atoms. The van der Waals surface area contributed by atoms with E-state index in [0.29, 0.717) is 5.92 Å². The van der Waals surface area contributed by atoms with Gasteiger partial charge in [-0.1, -0.05) is 18.2 Å². The Labute approximate surface area is 141 Å². The fraction of sp³-hybridized carbons (Fsp3) is 0.389. The van der Waals surface area contributed by atoms with Crippen molar-refractivity contribution in [3.63, 3.8) is 0 Å². The van der Waals surface area contributed by atoms with Crippen molar-refractivity contribution in [2.75, 3.05) is 20.2 Å². The lowest BCUT2D eigenvalue weighted by atomic mass is 9.93. The minimum absolute atomic E-state index is 0.461. The number of fused-ring (bicyclic) bond motifs is 1. The molecule has 0 aliphatic carbocycles. The summed E-state index contributed by atoms with van der Waals surface area (Å²) in [7, 11) is 1.81. The Bertz CT molecular complexity index is 680. The molecule has 5 heteroatoms. The SMILES string of the molecule is CN=C(NCc1ccc(C)s1)NCC1CCOc2ccccc21. The number of nitrogens with one attached hydrogen (secondary N) is 2. The van der Waals surface area contributed by atoms with Crippen LogP contribution < -0.4 is 15.4 Å². The lowest BCUT2D eigenvalue weighted by molar-refractivity contribution is 0.267. The largest absolute Gasteiger partial charge is 0.493 e. The summed E-state index contributed by atoms with van der Waals surface area (Å²) in [4.78, 5) is 6.98. The number of ether oxygens (including phenoxy) is 1. The summed E-state index contributed by atoms with van der Waals surface area (Å²) in [6.07, 6.45) is 1.03. The van der Waals surface area contributed by atoms with Gasteiger partial charge in [0.1, 0.15) is 5.75 Å². The van der Waals surface area contributed by atoms with Crippen LogP contribution in [-0.2, 0) is 6.54 Å². The topological polar surface area (TPSA) is 45.7 Å². The summed E-state index contributed by atoms with van der Waals surface area (Å²) in [6, 6.07) is 12.6. The number of aryl methyl sites for hydroxylation is 1. The molecule has 122 valence electrons. The highest BCUT2D eigenvalue weighted by atomic mass is 32.1. The van der Waals surface area contributed by atoms with Crippen LogP contribution in [0.1, 0.15) is 27.7 Å². The highest BCUT2D eigenvalue weighted by Crippen LogP contribution is 2.32. The van der Waals surface area contributed by atoms with Crippen LogP contribution in [0.3, 0.4) is 0 Å². The first-order valence-electron chi connectivity index (χ1n) is 7.98. The second kappa shape index (κ2) is 7.51. The van der Waals surface area contributed by atoms with Crippen molar-refractivity contribution in [2.45, 2.75) is 25.8 Å². The van der Waals surface area contributed by atoms with Gasteiger partial charge in [-0.2, -0.15) is 0 Å². The number of hydrogen-bond acceptors (Lipinski definition) is 3. The molecular weight excluding hydrogens is 306 g/mol. The predicted octanol–water partition coefficient (Wildman–Crippen LogP) is 3.29. The number of guanidine groups is 1. The molecule has 0 fully saturated rings. The van der Waals surface area contributed by atoms with E-state index >= 15 is 0 Å². The van der Waals surface area contributed by atoms with Gasteiger partial charge in [0.25, 0.3) is 0 Å². The normalized spacial score (nSPS) is 17.3.